The summed E-state index contributed by atoms with van der Waals surface area (Å²) < 4.78 is 118. The molecule has 0 bridgehead atoms. The smallest absolute Gasteiger partial charge is 0.360 e. The largest absolute Gasteiger partial charge is 2.00 e. The number of carbonyl (C=O) groups is 2. The minimum absolute atomic E-state index is 0. The summed E-state index contributed by atoms with van der Waals surface area (Å²) in [6.45, 7) is 5.01. The van der Waals surface area contributed by atoms with Crippen molar-refractivity contribution >= 4 is 38.9 Å². The van der Waals surface area contributed by atoms with E-state index >= 15 is 0 Å². The standard InChI is InChI=1S/2C18H17N3.2C2H4O2.2CH4O.2Cu.2F6P/c2*1-2-10-18(11-3-1)21(14-16-8-4-6-12-19-16)15-17-9-5-7-13-20-17;2*1-2(3)4;2*1-2;;;2*1-7(2,3,4,5)6/h2*1-13H,14-15H2;2*1H3,(H,3,4);2*2H,1H3;;;;/q;;;;;;2*+2;2*-1/p-2. The van der Waals surface area contributed by atoms with Gasteiger partial charge >= 0.3 is 100 Å². The molecule has 0 unspecified atom stereocenters. The monoisotopic (exact) mass is 1150 g/mol. The van der Waals surface area contributed by atoms with Gasteiger partial charge in [-0.2, -0.15) is 0 Å². The van der Waals surface area contributed by atoms with E-state index in [0.717, 1.165) is 77.0 Å². The van der Waals surface area contributed by atoms with E-state index in [1.807, 2.05) is 110 Å². The Morgan fingerprint density at radius 1 is 0.400 bits per heavy atom. The van der Waals surface area contributed by atoms with Crippen molar-refractivity contribution in [3.8, 4) is 0 Å². The fourth-order valence-electron chi connectivity index (χ4n) is 4.50. The molecule has 12 nitrogen and oxygen atoms in total. The van der Waals surface area contributed by atoms with Crippen LogP contribution in [0.15, 0.2) is 158 Å². The van der Waals surface area contributed by atoms with Gasteiger partial charge in [-0.3, -0.25) is 19.9 Å². The molecule has 0 fully saturated rings. The molecular weight excluding hydrogens is 1100 g/mol. The maximum absolute atomic E-state index is 10.7. The van der Waals surface area contributed by atoms with Gasteiger partial charge in [0.25, 0.3) is 0 Å². The molecular formula is C42H48Cu2F12N6O6P2. The summed E-state index contributed by atoms with van der Waals surface area (Å²) in [6.07, 6.45) is 7.33. The van der Waals surface area contributed by atoms with Crippen LogP contribution >= 0.6 is 15.6 Å². The summed E-state index contributed by atoms with van der Waals surface area (Å²) in [5.74, 6) is -2.17. The second kappa shape index (κ2) is 31.7. The number of carbonyl (C=O) groups excluding carboxylic acids is 2. The Kier molecular flexibility index (Phi) is 32.2. The molecule has 6 rings (SSSR count). The molecule has 0 atom stereocenters. The first kappa shape index (κ1) is 71.1. The second-order valence-corrected chi connectivity index (χ2v) is 16.4. The minimum Gasteiger partial charge on any atom is -0.360 e. The quantitative estimate of drug-likeness (QED) is 0.0754. The summed E-state index contributed by atoms with van der Waals surface area (Å²) in [4.78, 5) is 40.0. The van der Waals surface area contributed by atoms with E-state index in [-0.39, 0.29) is 34.1 Å². The van der Waals surface area contributed by atoms with Crippen LogP contribution in [0.1, 0.15) is 36.6 Å². The van der Waals surface area contributed by atoms with Crippen LogP contribution in [0.2, 0.25) is 0 Å². The molecule has 6 aromatic rings. The first-order valence-corrected chi connectivity index (χ1v) is 22.8. The summed E-state index contributed by atoms with van der Waals surface area (Å²) in [5, 5.41) is 31.8. The average Bonchev–Trinajstić information content (AvgIpc) is 3.24. The molecule has 2 N–H and O–H groups in total. The molecule has 70 heavy (non-hydrogen) atoms. The van der Waals surface area contributed by atoms with E-state index in [1.54, 1.807) is 0 Å². The Labute approximate surface area is 416 Å². The van der Waals surface area contributed by atoms with Gasteiger partial charge in [-0.25, -0.2) is 0 Å². The molecule has 398 valence electrons. The van der Waals surface area contributed by atoms with Crippen LogP contribution in [0.5, 0.6) is 0 Å². The number of aliphatic hydroxyl groups is 2. The maximum atomic E-state index is 9.87. The molecule has 0 aliphatic carbocycles. The number of pyridine rings is 4. The molecule has 0 saturated carbocycles. The van der Waals surface area contributed by atoms with E-state index in [9.17, 15) is 50.4 Å². The van der Waals surface area contributed by atoms with Crippen molar-refractivity contribution in [3.63, 3.8) is 0 Å². The number of hydrogen-bond acceptors (Lipinski definition) is 12. The predicted octanol–water partition coefficient (Wildman–Crippen LogP) is 10.9. The number of anilines is 2. The van der Waals surface area contributed by atoms with Gasteiger partial charge in [-0.05, 0) is 86.6 Å². The van der Waals surface area contributed by atoms with Gasteiger partial charge in [0.05, 0.1) is 49.0 Å². The molecule has 4 heterocycles. The first-order chi connectivity index (χ1) is 31.2. The Balaban J connectivity index is -0.000000412. The Hall–Kier alpha value is -5.44. The topological polar surface area (TPSA) is 179 Å². The fourth-order valence-corrected chi connectivity index (χ4v) is 4.50. The van der Waals surface area contributed by atoms with Crippen molar-refractivity contribution in [1.82, 2.24) is 19.9 Å². The van der Waals surface area contributed by atoms with Crippen LogP contribution in [0.4, 0.5) is 61.7 Å². The van der Waals surface area contributed by atoms with Crippen molar-refractivity contribution in [2.45, 2.75) is 40.0 Å². The maximum Gasteiger partial charge on any atom is 2.00 e. The van der Waals surface area contributed by atoms with Crippen LogP contribution in [0.3, 0.4) is 0 Å². The number of hydrogen-bond donors (Lipinski definition) is 2. The van der Waals surface area contributed by atoms with Crippen LogP contribution in [0, 0.1) is 0 Å². The third-order valence-corrected chi connectivity index (χ3v) is 6.56. The number of aliphatic carboxylic acids is 2. The second-order valence-electron chi connectivity index (χ2n) is 12.6. The van der Waals surface area contributed by atoms with Crippen LogP contribution in [-0.2, 0) is 69.9 Å². The number of para-hydroxylation sites is 2. The van der Waals surface area contributed by atoms with Crippen LogP contribution in [-0.4, -0.2) is 56.3 Å². The van der Waals surface area contributed by atoms with E-state index < -0.39 is 27.6 Å². The van der Waals surface area contributed by atoms with Gasteiger partial charge in [-0.15, -0.1) is 0 Å². The van der Waals surface area contributed by atoms with Crippen molar-refractivity contribution in [3.05, 3.63) is 181 Å². The molecule has 4 aromatic heterocycles. The van der Waals surface area contributed by atoms with Gasteiger partial charge < -0.3 is 39.8 Å². The normalized spacial score (nSPS) is 11.7. The Morgan fingerprint density at radius 3 is 0.700 bits per heavy atom. The summed E-state index contributed by atoms with van der Waals surface area (Å²) in [6, 6.07) is 44.8. The van der Waals surface area contributed by atoms with E-state index in [4.69, 9.17) is 30.0 Å². The summed E-state index contributed by atoms with van der Waals surface area (Å²) >= 11 is 0. The number of aliphatic hydroxyl groups excluding tert-OH is 2. The SMILES string of the molecule is CC(=O)[O-].CC(=O)[O-].CO.CO.F[P-](F)(F)(F)(F)F.F[P-](F)(F)(F)(F)F.[Cu+2].[Cu+2].c1ccc(N(Cc2ccccn2)Cc2ccccn2)cc1.c1ccc(N(Cc2ccccn2)Cc2ccccn2)cc1. The minimum atomic E-state index is -10.7. The average molecular weight is 1150 g/mol. The number of halogens is 12. The van der Waals surface area contributed by atoms with E-state index in [1.165, 1.54) is 11.4 Å². The van der Waals surface area contributed by atoms with E-state index in [2.05, 4.69) is 78.3 Å². The van der Waals surface area contributed by atoms with Crippen molar-refractivity contribution in [2.24, 2.45) is 0 Å². The molecule has 2 radical (unpaired) electrons. The molecule has 28 heteroatoms. The fraction of sp³-hybridized carbons (Fsp3) is 0.190. The number of nitrogens with zero attached hydrogens (tertiary/aromatic N) is 6. The third kappa shape index (κ3) is 53.5. The van der Waals surface area contributed by atoms with Gasteiger partial charge in [0, 0.05) is 62.3 Å². The Bertz CT molecular complexity index is 1990. The molecule has 0 spiro atoms. The first-order valence-electron chi connectivity index (χ1n) is 18.8. The molecule has 0 amide bonds. The predicted molar refractivity (Wildman–Crippen MR) is 234 cm³/mol. The van der Waals surface area contributed by atoms with Crippen molar-refractivity contribution in [1.29, 1.82) is 0 Å². The van der Waals surface area contributed by atoms with Crippen molar-refractivity contribution in [2.75, 3.05) is 24.0 Å². The molecule has 2 aromatic carbocycles. The zero-order valence-corrected chi connectivity index (χ0v) is 40.8. The van der Waals surface area contributed by atoms with Gasteiger partial charge in [0.1, 0.15) is 0 Å². The number of carboxylic acids is 2. The number of carboxylic acid groups (broad SMARTS) is 2. The molecule has 0 aliphatic heterocycles. The third-order valence-electron chi connectivity index (χ3n) is 6.56. The summed E-state index contributed by atoms with van der Waals surface area (Å²) in [5.41, 5.74) is 6.56. The summed E-state index contributed by atoms with van der Waals surface area (Å²) in [7, 11) is -19.3. The van der Waals surface area contributed by atoms with Crippen LogP contribution in [0.25, 0.3) is 0 Å². The molecule has 0 saturated heterocycles. The molecule has 0 aliphatic rings. The van der Waals surface area contributed by atoms with Crippen molar-refractivity contribution < 1.29 is 115 Å². The Morgan fingerprint density at radius 2 is 0.557 bits per heavy atom. The number of benzene rings is 2. The zero-order chi connectivity index (χ0) is 52.6. The van der Waals surface area contributed by atoms with Gasteiger partial charge in [-0.1, -0.05) is 60.7 Å². The zero-order valence-electron chi connectivity index (χ0n) is 37.1. The van der Waals surface area contributed by atoms with E-state index in [0.29, 0.717) is 0 Å². The number of aromatic nitrogens is 4. The van der Waals surface area contributed by atoms with Crippen LogP contribution < -0.4 is 20.0 Å². The number of rotatable bonds is 10. The van der Waals surface area contributed by atoms with Gasteiger partial charge in [0.2, 0.25) is 0 Å². The van der Waals surface area contributed by atoms with Gasteiger partial charge in [0.15, 0.2) is 0 Å².